The predicted molar refractivity (Wildman–Crippen MR) is 107 cm³/mol. The molecule has 0 spiro atoms. The molecule has 0 N–H and O–H groups in total. The molecule has 0 amide bonds. The van der Waals surface area contributed by atoms with Gasteiger partial charge < -0.3 is 14.6 Å². The number of hydrogen-bond donors (Lipinski definition) is 0. The molecule has 2 aliphatic heterocycles. The Balaban J connectivity index is 0.000000234. The lowest BCUT2D eigenvalue weighted by molar-refractivity contribution is -0.141. The van der Waals surface area contributed by atoms with Gasteiger partial charge in [0.15, 0.2) is 5.69 Å². The largest absolute Gasteiger partial charge is 0.434 e. The molecule has 0 bridgehead atoms. The Labute approximate surface area is 171 Å². The van der Waals surface area contributed by atoms with Gasteiger partial charge in [0.05, 0.1) is 12.4 Å². The number of aromatic nitrogens is 2. The topological polar surface area (TPSA) is 52.6 Å². The second-order valence-corrected chi connectivity index (χ2v) is 8.16. The zero-order chi connectivity index (χ0) is 21.6. The molecule has 1 aromatic heterocycles. The van der Waals surface area contributed by atoms with Crippen LogP contribution in [0.3, 0.4) is 0 Å². The van der Waals surface area contributed by atoms with Crippen LogP contribution in [0.2, 0.25) is 0 Å². The summed E-state index contributed by atoms with van der Waals surface area (Å²) in [4.78, 5) is 24.5. The third-order valence-electron chi connectivity index (χ3n) is 5.53. The molecular formula is C20H32F3N5O. The molecule has 2 saturated heterocycles. The number of nitrogens with zero attached hydrogens (tertiary/aromatic N) is 5. The lowest BCUT2D eigenvalue weighted by Gasteiger charge is -2.40. The van der Waals surface area contributed by atoms with Crippen molar-refractivity contribution < 1.29 is 18.0 Å². The summed E-state index contributed by atoms with van der Waals surface area (Å²) in [5.41, 5.74) is -0.992. The molecule has 0 saturated carbocycles. The molecular weight excluding hydrogens is 383 g/mol. The molecule has 2 aliphatic rings. The van der Waals surface area contributed by atoms with Gasteiger partial charge in [-0.25, -0.2) is 9.97 Å². The Kier molecular flexibility index (Phi) is 8.39. The monoisotopic (exact) mass is 415 g/mol. The van der Waals surface area contributed by atoms with Crippen molar-refractivity contribution >= 4 is 12.1 Å². The van der Waals surface area contributed by atoms with E-state index in [4.69, 9.17) is 0 Å². The van der Waals surface area contributed by atoms with E-state index in [9.17, 15) is 18.0 Å². The number of rotatable bonds is 3. The Morgan fingerprint density at radius 1 is 1.10 bits per heavy atom. The van der Waals surface area contributed by atoms with Crippen LogP contribution in [0.1, 0.15) is 39.3 Å². The Morgan fingerprint density at radius 3 is 2.21 bits per heavy atom. The summed E-state index contributed by atoms with van der Waals surface area (Å²) in [7, 11) is 2.20. The quantitative estimate of drug-likeness (QED) is 0.708. The van der Waals surface area contributed by atoms with Crippen LogP contribution >= 0.6 is 0 Å². The number of alkyl halides is 3. The molecule has 164 valence electrons. The van der Waals surface area contributed by atoms with Gasteiger partial charge >= 0.3 is 6.18 Å². The molecule has 3 rings (SSSR count). The molecule has 1 atom stereocenters. The molecule has 9 heteroatoms. The fourth-order valence-corrected chi connectivity index (χ4v) is 3.82. The first-order valence-corrected chi connectivity index (χ1v) is 10.2. The highest BCUT2D eigenvalue weighted by atomic mass is 19.4. The first kappa shape index (κ1) is 23.5. The van der Waals surface area contributed by atoms with Crippen LogP contribution in [0.4, 0.5) is 19.0 Å². The highest BCUT2D eigenvalue weighted by Gasteiger charge is 2.33. The van der Waals surface area contributed by atoms with Crippen LogP contribution < -0.4 is 4.90 Å². The van der Waals surface area contributed by atoms with E-state index in [0.717, 1.165) is 24.7 Å². The maximum absolute atomic E-state index is 12.3. The second-order valence-electron chi connectivity index (χ2n) is 8.16. The third-order valence-corrected chi connectivity index (χ3v) is 5.53. The number of piperidine rings is 1. The van der Waals surface area contributed by atoms with E-state index < -0.39 is 11.9 Å². The van der Waals surface area contributed by atoms with Crippen molar-refractivity contribution in [2.75, 3.05) is 44.7 Å². The highest BCUT2D eigenvalue weighted by molar-refractivity contribution is 5.54. The van der Waals surface area contributed by atoms with Gasteiger partial charge in [-0.15, -0.1) is 0 Å². The molecule has 29 heavy (non-hydrogen) atoms. The number of piperazine rings is 1. The lowest BCUT2D eigenvalue weighted by Crippen LogP contribution is -2.52. The van der Waals surface area contributed by atoms with Gasteiger partial charge in [-0.2, -0.15) is 13.2 Å². The van der Waals surface area contributed by atoms with Gasteiger partial charge in [-0.05, 0) is 40.7 Å². The zero-order valence-corrected chi connectivity index (χ0v) is 17.7. The predicted octanol–water partition coefficient (Wildman–Crippen LogP) is 2.94. The van der Waals surface area contributed by atoms with Gasteiger partial charge in [0.2, 0.25) is 0 Å². The lowest BCUT2D eigenvalue weighted by atomic mass is 9.99. The van der Waals surface area contributed by atoms with Crippen molar-refractivity contribution in [3.63, 3.8) is 0 Å². The van der Waals surface area contributed by atoms with Crippen LogP contribution in [-0.2, 0) is 11.0 Å². The molecule has 0 aliphatic carbocycles. The summed E-state index contributed by atoms with van der Waals surface area (Å²) in [5, 5.41) is 0. The van der Waals surface area contributed by atoms with Gasteiger partial charge in [0.25, 0.3) is 0 Å². The smallest absolute Gasteiger partial charge is 0.355 e. The number of aldehydes is 1. The first-order chi connectivity index (χ1) is 13.6. The standard InChI is InChI=1S/C11H12F3N3O.C9H20N2/c12-11(13,14)9-5-16-10(6-15-9)17-3-1-8(7-18)2-4-17;1-8(2)11-6-5-10(4)7-9(11)3/h5-8H,1-4H2;8-9H,5-7H2,1-4H3/t;9-/m.0/s1. The minimum absolute atomic E-state index is 0.0451. The second kappa shape index (κ2) is 10.3. The van der Waals surface area contributed by atoms with Crippen LogP contribution in [0.25, 0.3) is 0 Å². The van der Waals surface area contributed by atoms with E-state index in [1.165, 1.54) is 19.6 Å². The number of carbonyl (C=O) groups excluding carboxylic acids is 1. The Hall–Kier alpha value is -1.74. The maximum Gasteiger partial charge on any atom is 0.434 e. The van der Waals surface area contributed by atoms with Gasteiger partial charge in [0.1, 0.15) is 12.1 Å². The average Bonchev–Trinajstić information content (AvgIpc) is 2.68. The van der Waals surface area contributed by atoms with Gasteiger partial charge in [-0.1, -0.05) is 0 Å². The minimum Gasteiger partial charge on any atom is -0.355 e. The van der Waals surface area contributed by atoms with Crippen LogP contribution in [0.5, 0.6) is 0 Å². The number of likely N-dealkylation sites (N-methyl/N-ethyl adjacent to an activating group) is 1. The molecule has 3 heterocycles. The normalized spacial score (nSPS) is 22.3. The third kappa shape index (κ3) is 6.92. The Morgan fingerprint density at radius 2 is 1.76 bits per heavy atom. The molecule has 0 unspecified atom stereocenters. The fourth-order valence-electron chi connectivity index (χ4n) is 3.82. The summed E-state index contributed by atoms with van der Waals surface area (Å²) in [6, 6.07) is 1.44. The molecule has 0 radical (unpaired) electrons. The van der Waals surface area contributed by atoms with E-state index >= 15 is 0 Å². The molecule has 0 aromatic carbocycles. The maximum atomic E-state index is 12.3. The average molecular weight is 416 g/mol. The number of hydrogen-bond acceptors (Lipinski definition) is 6. The van der Waals surface area contributed by atoms with Crippen molar-refractivity contribution in [1.29, 1.82) is 0 Å². The van der Waals surface area contributed by atoms with E-state index in [2.05, 4.69) is 47.6 Å². The van der Waals surface area contributed by atoms with E-state index in [1.54, 1.807) is 0 Å². The van der Waals surface area contributed by atoms with Crippen molar-refractivity contribution in [3.8, 4) is 0 Å². The zero-order valence-electron chi connectivity index (χ0n) is 17.7. The summed E-state index contributed by atoms with van der Waals surface area (Å²) in [6.07, 6.45) is -0.268. The molecule has 6 nitrogen and oxygen atoms in total. The summed E-state index contributed by atoms with van der Waals surface area (Å²) in [5.74, 6) is 0.469. The molecule has 1 aromatic rings. The molecule has 2 fully saturated rings. The fraction of sp³-hybridized carbons (Fsp3) is 0.750. The summed E-state index contributed by atoms with van der Waals surface area (Å²) in [6.45, 7) is 11.8. The van der Waals surface area contributed by atoms with Gasteiger partial charge in [0, 0.05) is 50.7 Å². The van der Waals surface area contributed by atoms with E-state index in [0.29, 0.717) is 37.8 Å². The Bertz CT molecular complexity index is 630. The van der Waals surface area contributed by atoms with Crippen molar-refractivity contribution in [1.82, 2.24) is 19.8 Å². The SMILES string of the molecule is CC(C)N1CCN(C)C[C@@H]1C.O=CC1CCN(c2cnc(C(F)(F)F)cn2)CC1. The summed E-state index contributed by atoms with van der Waals surface area (Å²) < 4.78 is 36.9. The number of carbonyl (C=O) groups is 1. The van der Waals surface area contributed by atoms with E-state index in [-0.39, 0.29) is 5.92 Å². The van der Waals surface area contributed by atoms with Crippen LogP contribution in [0, 0.1) is 5.92 Å². The first-order valence-electron chi connectivity index (χ1n) is 10.2. The van der Waals surface area contributed by atoms with Crippen molar-refractivity contribution in [2.24, 2.45) is 5.92 Å². The van der Waals surface area contributed by atoms with Crippen molar-refractivity contribution in [2.45, 2.75) is 51.9 Å². The van der Waals surface area contributed by atoms with E-state index in [1.807, 2.05) is 4.90 Å². The van der Waals surface area contributed by atoms with Crippen molar-refractivity contribution in [3.05, 3.63) is 18.1 Å². The highest BCUT2D eigenvalue weighted by Crippen LogP contribution is 2.28. The number of halogens is 3. The minimum atomic E-state index is -4.46. The van der Waals surface area contributed by atoms with Crippen LogP contribution in [0.15, 0.2) is 12.4 Å². The summed E-state index contributed by atoms with van der Waals surface area (Å²) >= 11 is 0. The van der Waals surface area contributed by atoms with Crippen LogP contribution in [-0.4, -0.2) is 77.9 Å². The van der Waals surface area contributed by atoms with Gasteiger partial charge in [-0.3, -0.25) is 4.90 Å². The number of anilines is 1.